The summed E-state index contributed by atoms with van der Waals surface area (Å²) in [5, 5.41) is 12.6. The molecule has 14 heteroatoms. The van der Waals surface area contributed by atoms with Crippen molar-refractivity contribution in [2.24, 2.45) is 5.92 Å². The molecule has 228 valence electrons. The van der Waals surface area contributed by atoms with Crippen molar-refractivity contribution in [2.75, 3.05) is 13.6 Å². The van der Waals surface area contributed by atoms with Crippen LogP contribution in [0.4, 0.5) is 35.5 Å². The van der Waals surface area contributed by atoms with Gasteiger partial charge in [-0.1, -0.05) is 6.07 Å². The summed E-state index contributed by atoms with van der Waals surface area (Å²) in [7, 11) is 1.23. The average molecular weight is 604 g/mol. The van der Waals surface area contributed by atoms with Gasteiger partial charge in [-0.15, -0.1) is 0 Å². The molecule has 2 heterocycles. The molecule has 3 amide bonds. The highest BCUT2D eigenvalue weighted by molar-refractivity contribution is 5.88. The first-order valence-electron chi connectivity index (χ1n) is 13.0. The first kappa shape index (κ1) is 31.1. The maximum atomic E-state index is 14.0. The lowest BCUT2D eigenvalue weighted by molar-refractivity contribution is -0.145. The Morgan fingerprint density at radius 1 is 1.07 bits per heavy atom. The zero-order chi connectivity index (χ0) is 31.4. The summed E-state index contributed by atoms with van der Waals surface area (Å²) < 4.78 is 94.7. The lowest BCUT2D eigenvalue weighted by atomic mass is 9.73. The number of piperidine rings is 1. The van der Waals surface area contributed by atoms with Gasteiger partial charge in [-0.3, -0.25) is 9.59 Å². The third-order valence-electron chi connectivity index (χ3n) is 8.29. The molecule has 7 nitrogen and oxygen atoms in total. The van der Waals surface area contributed by atoms with E-state index in [0.29, 0.717) is 23.3 Å². The van der Waals surface area contributed by atoms with Gasteiger partial charge < -0.3 is 20.2 Å². The number of urea groups is 1. The quantitative estimate of drug-likeness (QED) is 0.415. The van der Waals surface area contributed by atoms with Crippen LogP contribution in [0, 0.1) is 18.7 Å². The molecule has 1 unspecified atom stereocenters. The average Bonchev–Trinajstić information content (AvgIpc) is 3.21. The number of nitrogens with zero attached hydrogens (tertiary/aromatic N) is 2. The molecule has 2 aliphatic heterocycles. The van der Waals surface area contributed by atoms with Gasteiger partial charge in [0.15, 0.2) is 0 Å². The van der Waals surface area contributed by atoms with Crippen LogP contribution >= 0.6 is 0 Å². The van der Waals surface area contributed by atoms with Gasteiger partial charge in [0.25, 0.3) is 0 Å². The molecule has 0 aromatic heterocycles. The second-order valence-electron chi connectivity index (χ2n) is 10.9. The number of carbonyl (C=O) groups is 3. The summed E-state index contributed by atoms with van der Waals surface area (Å²) in [6.07, 6.45) is -10.4. The van der Waals surface area contributed by atoms with Crippen molar-refractivity contribution >= 4 is 17.9 Å². The van der Waals surface area contributed by atoms with E-state index < -0.39 is 76.3 Å². The third-order valence-corrected chi connectivity index (χ3v) is 8.29. The lowest BCUT2D eigenvalue weighted by Crippen LogP contribution is -2.59. The molecule has 2 N–H and O–H groups in total. The van der Waals surface area contributed by atoms with E-state index >= 15 is 0 Å². The van der Waals surface area contributed by atoms with Crippen LogP contribution in [0.5, 0.6) is 0 Å². The Labute approximate surface area is 236 Å². The van der Waals surface area contributed by atoms with Crippen LogP contribution in [0.15, 0.2) is 36.4 Å². The second-order valence-corrected chi connectivity index (χ2v) is 10.9. The predicted octanol–water partition coefficient (Wildman–Crippen LogP) is 6.08. The highest BCUT2D eigenvalue weighted by atomic mass is 19.4. The number of aryl methyl sites for hydroxylation is 1. The molecular weight excluding hydrogens is 575 g/mol. The molecular formula is C28H28F7N3O4. The highest BCUT2D eigenvalue weighted by Gasteiger charge is 2.55. The van der Waals surface area contributed by atoms with E-state index in [2.05, 4.69) is 5.32 Å². The molecule has 0 bridgehead atoms. The van der Waals surface area contributed by atoms with Crippen LogP contribution in [-0.2, 0) is 21.9 Å². The van der Waals surface area contributed by atoms with E-state index in [1.54, 1.807) is 6.92 Å². The molecule has 0 saturated carbocycles. The van der Waals surface area contributed by atoms with Gasteiger partial charge >= 0.3 is 24.4 Å². The van der Waals surface area contributed by atoms with Gasteiger partial charge in [-0.25, -0.2) is 9.18 Å². The molecule has 4 rings (SSSR count). The normalized spacial score (nSPS) is 23.6. The van der Waals surface area contributed by atoms with Gasteiger partial charge in [0.1, 0.15) is 5.82 Å². The molecule has 42 heavy (non-hydrogen) atoms. The Hall–Kier alpha value is -3.84. The Kier molecular flexibility index (Phi) is 7.98. The van der Waals surface area contributed by atoms with Gasteiger partial charge in [0.05, 0.1) is 34.7 Å². The Morgan fingerprint density at radius 3 is 2.19 bits per heavy atom. The number of benzene rings is 2. The number of halogens is 7. The van der Waals surface area contributed by atoms with Crippen LogP contribution in [-0.4, -0.2) is 51.9 Å². The zero-order valence-electron chi connectivity index (χ0n) is 22.7. The summed E-state index contributed by atoms with van der Waals surface area (Å²) >= 11 is 0. The van der Waals surface area contributed by atoms with Crippen molar-refractivity contribution in [1.29, 1.82) is 0 Å². The number of carbonyl (C=O) groups excluding carboxylic acids is 2. The number of carboxylic acid groups (broad SMARTS) is 1. The first-order chi connectivity index (χ1) is 19.3. The maximum absolute atomic E-state index is 14.0. The molecule has 1 spiro atoms. The SMILES string of the molecule is Cc1cc(F)ccc1[C@H]1C[C@@]2(CCN1C(=O)N(C)[C@H](C)c1cc(C(F)(F)F)cc(C(F)(F)F)c1)NC(=O)CC2C(=O)O. The van der Waals surface area contributed by atoms with E-state index in [-0.39, 0.29) is 31.9 Å². The van der Waals surface area contributed by atoms with E-state index in [0.717, 1.165) is 11.0 Å². The van der Waals surface area contributed by atoms with E-state index in [9.17, 15) is 50.2 Å². The van der Waals surface area contributed by atoms with Crippen molar-refractivity contribution in [1.82, 2.24) is 15.1 Å². The van der Waals surface area contributed by atoms with Crippen LogP contribution in [0.25, 0.3) is 0 Å². The van der Waals surface area contributed by atoms with Gasteiger partial charge in [-0.05, 0) is 73.7 Å². The second kappa shape index (κ2) is 10.8. The summed E-state index contributed by atoms with van der Waals surface area (Å²) in [6.45, 7) is 2.77. The summed E-state index contributed by atoms with van der Waals surface area (Å²) in [6, 6.07) is 2.02. The lowest BCUT2D eigenvalue weighted by Gasteiger charge is -2.48. The number of aliphatic carboxylic acids is 1. The number of nitrogens with one attached hydrogen (secondary N) is 1. The Balaban J connectivity index is 1.72. The van der Waals surface area contributed by atoms with Crippen molar-refractivity contribution in [3.63, 3.8) is 0 Å². The minimum absolute atomic E-state index is 0.00419. The fraction of sp³-hybridized carbons (Fsp3) is 0.464. The monoisotopic (exact) mass is 603 g/mol. The summed E-state index contributed by atoms with van der Waals surface area (Å²) in [5.41, 5.74) is -3.78. The van der Waals surface area contributed by atoms with Gasteiger partial charge in [0.2, 0.25) is 5.91 Å². The number of likely N-dealkylation sites (tertiary alicyclic amines) is 1. The number of alkyl halides is 6. The van der Waals surface area contributed by atoms with Crippen molar-refractivity contribution in [2.45, 2.75) is 63.1 Å². The van der Waals surface area contributed by atoms with Gasteiger partial charge in [0, 0.05) is 20.0 Å². The number of amides is 3. The fourth-order valence-corrected chi connectivity index (χ4v) is 5.92. The number of hydrogen-bond acceptors (Lipinski definition) is 3. The van der Waals surface area contributed by atoms with Crippen molar-refractivity contribution in [3.05, 3.63) is 70.0 Å². The minimum atomic E-state index is -5.07. The molecule has 2 saturated heterocycles. The van der Waals surface area contributed by atoms with Crippen molar-refractivity contribution in [3.8, 4) is 0 Å². The smallest absolute Gasteiger partial charge is 0.416 e. The molecule has 0 aliphatic carbocycles. The van der Waals surface area contributed by atoms with Gasteiger partial charge in [-0.2, -0.15) is 26.3 Å². The van der Waals surface area contributed by atoms with Crippen LogP contribution in [0.2, 0.25) is 0 Å². The van der Waals surface area contributed by atoms with Crippen LogP contribution in [0.3, 0.4) is 0 Å². The number of carboxylic acids is 1. The highest BCUT2D eigenvalue weighted by Crippen LogP contribution is 2.46. The van der Waals surface area contributed by atoms with Crippen LogP contribution < -0.4 is 5.32 Å². The molecule has 2 aliphatic rings. The Morgan fingerprint density at radius 2 is 1.67 bits per heavy atom. The molecule has 0 radical (unpaired) electrons. The predicted molar refractivity (Wildman–Crippen MR) is 134 cm³/mol. The topological polar surface area (TPSA) is 90.0 Å². The van der Waals surface area contributed by atoms with E-state index in [1.807, 2.05) is 0 Å². The zero-order valence-corrected chi connectivity index (χ0v) is 22.7. The van der Waals surface area contributed by atoms with E-state index in [1.165, 1.54) is 31.0 Å². The van der Waals surface area contributed by atoms with Crippen LogP contribution in [0.1, 0.15) is 66.1 Å². The first-order valence-corrected chi connectivity index (χ1v) is 13.0. The summed E-state index contributed by atoms with van der Waals surface area (Å²) in [4.78, 5) is 40.5. The summed E-state index contributed by atoms with van der Waals surface area (Å²) in [5.74, 6) is -3.35. The molecule has 2 fully saturated rings. The molecule has 2 aromatic rings. The Bertz CT molecular complexity index is 1380. The molecule has 2 aromatic carbocycles. The fourth-order valence-electron chi connectivity index (χ4n) is 5.92. The van der Waals surface area contributed by atoms with Crippen molar-refractivity contribution < 1.29 is 50.2 Å². The standard InChI is InChI=1S/C28H28F7N3O4/c1-14-8-19(29)4-5-20(14)22-13-26(21(24(40)41)12-23(39)36-26)6-7-38(22)25(42)37(3)15(2)16-9-17(27(30,31)32)11-18(10-16)28(33,34)35/h4-5,8-11,15,21-22H,6-7,12-13H2,1-3H3,(H,36,39)(H,40,41)/t15-,21?,22-,26-/m1/s1. The molecule has 4 atom stereocenters. The largest absolute Gasteiger partial charge is 0.481 e. The maximum Gasteiger partial charge on any atom is 0.416 e. The minimum Gasteiger partial charge on any atom is -0.481 e. The number of rotatable bonds is 4. The number of hydrogen-bond donors (Lipinski definition) is 2. The van der Waals surface area contributed by atoms with E-state index in [4.69, 9.17) is 0 Å². The third kappa shape index (κ3) is 5.88.